The highest BCUT2D eigenvalue weighted by atomic mass is 31.2. The van der Waals surface area contributed by atoms with Crippen LogP contribution in [-0.4, -0.2) is 69.0 Å². The van der Waals surface area contributed by atoms with Crippen LogP contribution in [0.2, 0.25) is 0 Å². The van der Waals surface area contributed by atoms with Crippen molar-refractivity contribution in [2.45, 2.75) is 65.3 Å². The number of anilines is 1. The molecule has 0 spiro atoms. The molecule has 182 valence electrons. The van der Waals surface area contributed by atoms with Crippen LogP contribution in [0.5, 0.6) is 0 Å². The van der Waals surface area contributed by atoms with Crippen molar-refractivity contribution in [1.29, 1.82) is 0 Å². The third-order valence-electron chi connectivity index (χ3n) is 4.74. The van der Waals surface area contributed by atoms with E-state index >= 15 is 0 Å². The maximum Gasteiger partial charge on any atom is 0.323 e. The van der Waals surface area contributed by atoms with E-state index in [2.05, 4.69) is 25.2 Å². The lowest BCUT2D eigenvalue weighted by Gasteiger charge is -2.23. The van der Waals surface area contributed by atoms with Crippen molar-refractivity contribution >= 4 is 37.0 Å². The van der Waals surface area contributed by atoms with Crippen molar-refractivity contribution in [1.82, 2.24) is 24.6 Å². The Hall–Kier alpha value is -2.40. The molecule has 0 aromatic carbocycles. The number of rotatable bonds is 11. The molecule has 1 aliphatic rings. The number of fused-ring (bicyclic) bond motifs is 1. The van der Waals surface area contributed by atoms with Crippen molar-refractivity contribution < 1.29 is 23.6 Å². The normalized spacial score (nSPS) is 17.1. The van der Waals surface area contributed by atoms with Gasteiger partial charge in [0.05, 0.1) is 44.0 Å². The summed E-state index contributed by atoms with van der Waals surface area (Å²) in [5.41, 5.74) is 7.99. The second-order valence-corrected chi connectivity index (χ2v) is 9.44. The number of oxime groups is 1. The number of imidazole rings is 1. The van der Waals surface area contributed by atoms with Crippen molar-refractivity contribution in [3.8, 4) is 0 Å². The van der Waals surface area contributed by atoms with Crippen LogP contribution in [0.3, 0.4) is 0 Å². The summed E-state index contributed by atoms with van der Waals surface area (Å²) >= 11 is 0. The Labute approximate surface area is 194 Å². The summed E-state index contributed by atoms with van der Waals surface area (Å²) in [7, 11) is -1.39. The third kappa shape index (κ3) is 7.56. The van der Waals surface area contributed by atoms with Gasteiger partial charge < -0.3 is 29.1 Å². The Kier molecular flexibility index (Phi) is 9.30. The summed E-state index contributed by atoms with van der Waals surface area (Å²) in [6, 6.07) is -0.565. The molecule has 0 aliphatic carbocycles. The first kappa shape index (κ1) is 25.2. The summed E-state index contributed by atoms with van der Waals surface area (Å²) in [6.45, 7) is 9.05. The van der Waals surface area contributed by atoms with E-state index in [1.54, 1.807) is 13.3 Å². The van der Waals surface area contributed by atoms with Crippen LogP contribution < -0.4 is 10.8 Å². The van der Waals surface area contributed by atoms with Gasteiger partial charge in [-0.1, -0.05) is 5.16 Å². The number of hydrogen-bond donors (Lipinski definition) is 2. The van der Waals surface area contributed by atoms with Gasteiger partial charge in [-0.15, -0.1) is 0 Å². The molecule has 0 amide bonds. The van der Waals surface area contributed by atoms with Crippen LogP contribution in [-0.2, 0) is 30.2 Å². The van der Waals surface area contributed by atoms with E-state index in [0.717, 1.165) is 18.6 Å². The number of carbonyl (C=O) groups is 1. The Bertz CT molecular complexity index is 946. The fraction of sp³-hybridized carbons (Fsp3) is 0.650. The zero-order chi connectivity index (χ0) is 23.8. The van der Waals surface area contributed by atoms with Gasteiger partial charge in [-0.2, -0.15) is 0 Å². The topological polar surface area (TPSA) is 148 Å². The van der Waals surface area contributed by atoms with Crippen LogP contribution in [0.15, 0.2) is 17.8 Å². The van der Waals surface area contributed by atoms with Crippen LogP contribution in [0.1, 0.15) is 40.5 Å². The first-order valence-corrected chi connectivity index (χ1v) is 12.4. The van der Waals surface area contributed by atoms with E-state index in [-0.39, 0.29) is 24.5 Å². The summed E-state index contributed by atoms with van der Waals surface area (Å²) in [5, 5.41) is 7.45. The number of nitrogens with zero attached hydrogens (tertiary/aromatic N) is 5. The second kappa shape index (κ2) is 12.2. The summed E-state index contributed by atoms with van der Waals surface area (Å²) in [6.07, 6.45) is 4.36. The van der Waals surface area contributed by atoms with Crippen molar-refractivity contribution in [3.05, 3.63) is 12.7 Å². The number of nitrogens with one attached hydrogen (secondary N) is 1. The molecule has 3 N–H and O–H groups in total. The SMILES string of the molecule is CC(C)OC(=O)[C@H](C)NP(CO[C@H](C)Cn1cnc2c(N)ncnc21)ON=C1CCOCC1. The first-order chi connectivity index (χ1) is 15.8. The molecule has 33 heavy (non-hydrogen) atoms. The lowest BCUT2D eigenvalue weighted by molar-refractivity contribution is -0.148. The Morgan fingerprint density at radius 2 is 2.03 bits per heavy atom. The monoisotopic (exact) mass is 481 g/mol. The minimum absolute atomic E-state index is 0.192. The number of ether oxygens (including phenoxy) is 3. The van der Waals surface area contributed by atoms with Crippen LogP contribution in [0.4, 0.5) is 5.82 Å². The molecule has 3 heterocycles. The van der Waals surface area contributed by atoms with Gasteiger partial charge in [-0.3, -0.25) is 4.79 Å². The van der Waals surface area contributed by atoms with Crippen molar-refractivity contribution in [2.75, 3.05) is 25.3 Å². The zero-order valence-corrected chi connectivity index (χ0v) is 20.3. The van der Waals surface area contributed by atoms with Gasteiger partial charge in [-0.05, 0) is 27.7 Å². The lowest BCUT2D eigenvalue weighted by Crippen LogP contribution is -2.34. The number of hydrogen-bond acceptors (Lipinski definition) is 11. The summed E-state index contributed by atoms with van der Waals surface area (Å²) in [4.78, 5) is 24.7. The van der Waals surface area contributed by atoms with E-state index in [0.29, 0.717) is 36.7 Å². The summed E-state index contributed by atoms with van der Waals surface area (Å²) < 4.78 is 24.3. The number of nitrogens with two attached hydrogens (primary N) is 1. The molecule has 0 radical (unpaired) electrons. The number of aromatic nitrogens is 4. The van der Waals surface area contributed by atoms with E-state index in [9.17, 15) is 4.79 Å². The molecule has 3 rings (SSSR count). The molecule has 3 atom stereocenters. The predicted octanol–water partition coefficient (Wildman–Crippen LogP) is 2.20. The van der Waals surface area contributed by atoms with E-state index in [1.807, 2.05) is 25.3 Å². The average Bonchev–Trinajstić information content (AvgIpc) is 3.19. The van der Waals surface area contributed by atoms with E-state index < -0.39 is 14.3 Å². The second-order valence-electron chi connectivity index (χ2n) is 8.00. The molecule has 1 aliphatic heterocycles. The minimum atomic E-state index is -1.39. The van der Waals surface area contributed by atoms with Gasteiger partial charge in [0.1, 0.15) is 24.2 Å². The quantitative estimate of drug-likeness (QED) is 0.278. The third-order valence-corrected chi connectivity index (χ3v) is 6.08. The minimum Gasteiger partial charge on any atom is -0.462 e. The maximum atomic E-state index is 12.2. The molecule has 0 bridgehead atoms. The largest absolute Gasteiger partial charge is 0.462 e. The highest BCUT2D eigenvalue weighted by Gasteiger charge is 2.23. The van der Waals surface area contributed by atoms with Gasteiger partial charge in [-0.25, -0.2) is 20.0 Å². The first-order valence-electron chi connectivity index (χ1n) is 10.9. The molecule has 1 unspecified atom stereocenters. The number of carbonyl (C=O) groups excluding carboxylic acids is 1. The van der Waals surface area contributed by atoms with Crippen LogP contribution >= 0.6 is 8.30 Å². The van der Waals surface area contributed by atoms with Gasteiger partial charge in [0.15, 0.2) is 11.5 Å². The molecular weight excluding hydrogens is 449 g/mol. The Morgan fingerprint density at radius 1 is 1.27 bits per heavy atom. The highest BCUT2D eigenvalue weighted by molar-refractivity contribution is 7.50. The van der Waals surface area contributed by atoms with Crippen molar-refractivity contribution in [2.24, 2.45) is 5.16 Å². The molecule has 0 saturated carbocycles. The van der Waals surface area contributed by atoms with Gasteiger partial charge in [0.25, 0.3) is 0 Å². The average molecular weight is 481 g/mol. The van der Waals surface area contributed by atoms with Crippen LogP contribution in [0, 0.1) is 0 Å². The molecule has 2 aromatic rings. The van der Waals surface area contributed by atoms with E-state index in [4.69, 9.17) is 24.6 Å². The Morgan fingerprint density at radius 3 is 2.76 bits per heavy atom. The predicted molar refractivity (Wildman–Crippen MR) is 124 cm³/mol. The fourth-order valence-electron chi connectivity index (χ4n) is 3.05. The molecule has 2 aromatic heterocycles. The zero-order valence-electron chi connectivity index (χ0n) is 19.4. The number of nitrogen functional groups attached to an aromatic ring is 1. The standard InChI is InChI=1S/C20H32N7O5P/c1-13(2)31-20(28)15(4)26-33(32-25-16-5-7-29-8-6-16)12-30-14(3)9-27-11-24-17-18(21)22-10-23-19(17)27/h10-11,13-15,26H,5-9,12H2,1-4H3,(H2,21,22,23)/t14-,15+,33?/m1/s1. The molecule has 1 saturated heterocycles. The van der Waals surface area contributed by atoms with Crippen molar-refractivity contribution in [3.63, 3.8) is 0 Å². The van der Waals surface area contributed by atoms with Gasteiger partial charge in [0, 0.05) is 12.8 Å². The highest BCUT2D eigenvalue weighted by Crippen LogP contribution is 2.34. The molecular formula is C20H32N7O5P. The maximum absolute atomic E-state index is 12.2. The Balaban J connectivity index is 1.60. The van der Waals surface area contributed by atoms with Crippen LogP contribution in [0.25, 0.3) is 11.2 Å². The molecule has 1 fully saturated rings. The molecule has 12 nitrogen and oxygen atoms in total. The number of esters is 1. The smallest absolute Gasteiger partial charge is 0.323 e. The van der Waals surface area contributed by atoms with Gasteiger partial charge >= 0.3 is 5.97 Å². The lowest BCUT2D eigenvalue weighted by atomic mass is 10.2. The molecule has 13 heteroatoms. The van der Waals surface area contributed by atoms with E-state index in [1.165, 1.54) is 6.33 Å². The summed E-state index contributed by atoms with van der Waals surface area (Å²) in [5.74, 6) is -0.0158. The fourth-order valence-corrected chi connectivity index (χ4v) is 4.36. The van der Waals surface area contributed by atoms with Gasteiger partial charge in [0.2, 0.25) is 8.30 Å².